The molecule has 0 radical (unpaired) electrons. The summed E-state index contributed by atoms with van der Waals surface area (Å²) in [5.41, 5.74) is 3.36. The van der Waals surface area contributed by atoms with Crippen LogP contribution in [0.3, 0.4) is 0 Å². The van der Waals surface area contributed by atoms with Crippen molar-refractivity contribution in [1.82, 2.24) is 30.0 Å². The smallest absolute Gasteiger partial charge is 0.407 e. The second kappa shape index (κ2) is 13.1. The molecule has 0 fully saturated rings. The summed E-state index contributed by atoms with van der Waals surface area (Å²) in [4.78, 5) is 35.3. The molecule has 0 bridgehead atoms. The van der Waals surface area contributed by atoms with E-state index < -0.39 is 6.09 Å². The van der Waals surface area contributed by atoms with Crippen molar-refractivity contribution in [2.45, 2.75) is 19.4 Å². The third kappa shape index (κ3) is 7.80. The molecule has 0 saturated heterocycles. The molecule has 2 aromatic heterocycles. The molecule has 39 heavy (non-hydrogen) atoms. The number of nitrogens with one attached hydrogen (secondary N) is 1. The quantitative estimate of drug-likeness (QED) is 0.312. The van der Waals surface area contributed by atoms with E-state index in [9.17, 15) is 9.59 Å². The summed E-state index contributed by atoms with van der Waals surface area (Å²) in [7, 11) is 4.03. The Kier molecular flexibility index (Phi) is 9.11. The van der Waals surface area contributed by atoms with Gasteiger partial charge in [-0.2, -0.15) is 10.4 Å². The van der Waals surface area contributed by atoms with Gasteiger partial charge in [0, 0.05) is 23.7 Å². The van der Waals surface area contributed by atoms with Crippen LogP contribution in [0.2, 0.25) is 0 Å². The molecular weight excluding hydrogens is 494 g/mol. The molecule has 0 atom stereocenters. The SMILES string of the molecule is CN(C)CCCCNC(=O)Oc1cnc(-c2cccc(Cn3nc(-c4ccc(C#N)cc4)ccc3=O)c2)nc1. The van der Waals surface area contributed by atoms with Crippen LogP contribution in [-0.4, -0.2) is 57.9 Å². The van der Waals surface area contributed by atoms with Crippen molar-refractivity contribution in [3.05, 3.63) is 94.5 Å². The summed E-state index contributed by atoms with van der Waals surface area (Å²) in [6.45, 7) is 1.75. The van der Waals surface area contributed by atoms with Gasteiger partial charge in [0.1, 0.15) is 0 Å². The van der Waals surface area contributed by atoms with Crippen LogP contribution >= 0.6 is 0 Å². The number of hydrogen-bond acceptors (Lipinski definition) is 8. The average molecular weight is 524 g/mol. The molecule has 4 aromatic rings. The molecule has 1 amide bonds. The molecule has 2 aromatic carbocycles. The fourth-order valence-electron chi connectivity index (χ4n) is 3.82. The zero-order valence-electron chi connectivity index (χ0n) is 21.9. The Morgan fingerprint density at radius 3 is 2.51 bits per heavy atom. The van der Waals surface area contributed by atoms with Crippen LogP contribution in [0, 0.1) is 11.3 Å². The monoisotopic (exact) mass is 523 g/mol. The Balaban J connectivity index is 1.39. The van der Waals surface area contributed by atoms with Crippen LogP contribution in [0.15, 0.2) is 77.9 Å². The summed E-state index contributed by atoms with van der Waals surface area (Å²) in [5.74, 6) is 0.705. The summed E-state index contributed by atoms with van der Waals surface area (Å²) in [6, 6.07) is 19.8. The summed E-state index contributed by atoms with van der Waals surface area (Å²) in [5, 5.41) is 16.2. The Morgan fingerprint density at radius 2 is 1.79 bits per heavy atom. The predicted molar refractivity (Wildman–Crippen MR) is 147 cm³/mol. The first kappa shape index (κ1) is 27.2. The number of hydrogen-bond donors (Lipinski definition) is 1. The zero-order chi connectivity index (χ0) is 27.6. The standard InChI is InChI=1S/C29H29N7O3/c1-35(2)15-4-3-14-31-29(38)39-25-18-32-28(33-19-25)24-7-5-6-22(16-24)20-36-27(37)13-12-26(34-36)23-10-8-21(17-30)9-11-23/h5-13,16,18-19H,3-4,14-15,20H2,1-2H3,(H,31,38). The minimum Gasteiger partial charge on any atom is -0.407 e. The predicted octanol–water partition coefficient (Wildman–Crippen LogP) is 3.72. The fraction of sp³-hybridized carbons (Fsp3) is 0.241. The van der Waals surface area contributed by atoms with Crippen molar-refractivity contribution in [2.24, 2.45) is 0 Å². The van der Waals surface area contributed by atoms with E-state index in [1.807, 2.05) is 38.4 Å². The molecule has 0 aliphatic carbocycles. The van der Waals surface area contributed by atoms with Crippen molar-refractivity contribution >= 4 is 6.09 Å². The minimum absolute atomic E-state index is 0.230. The van der Waals surface area contributed by atoms with Crippen LogP contribution < -0.4 is 15.6 Å². The van der Waals surface area contributed by atoms with Gasteiger partial charge in [0.05, 0.1) is 36.3 Å². The van der Waals surface area contributed by atoms with Crippen LogP contribution in [0.25, 0.3) is 22.6 Å². The first-order valence-electron chi connectivity index (χ1n) is 12.5. The number of amides is 1. The molecule has 4 rings (SSSR count). The second-order valence-corrected chi connectivity index (χ2v) is 9.17. The van der Waals surface area contributed by atoms with Crippen molar-refractivity contribution in [1.29, 1.82) is 5.26 Å². The lowest BCUT2D eigenvalue weighted by Crippen LogP contribution is -2.28. The zero-order valence-corrected chi connectivity index (χ0v) is 21.9. The van der Waals surface area contributed by atoms with Gasteiger partial charge in [-0.1, -0.05) is 30.3 Å². The van der Waals surface area contributed by atoms with E-state index >= 15 is 0 Å². The van der Waals surface area contributed by atoms with Gasteiger partial charge in [-0.05, 0) is 63.3 Å². The number of nitriles is 1. The van der Waals surface area contributed by atoms with E-state index in [1.165, 1.54) is 23.1 Å². The minimum atomic E-state index is -0.542. The topological polar surface area (TPSA) is 126 Å². The first-order valence-corrected chi connectivity index (χ1v) is 12.5. The van der Waals surface area contributed by atoms with E-state index in [4.69, 9.17) is 10.00 Å². The number of rotatable bonds is 10. The van der Waals surface area contributed by atoms with Gasteiger partial charge in [-0.15, -0.1) is 0 Å². The lowest BCUT2D eigenvalue weighted by Gasteiger charge is -2.10. The van der Waals surface area contributed by atoms with Gasteiger partial charge >= 0.3 is 6.09 Å². The number of ether oxygens (including phenoxy) is 1. The third-order valence-electron chi connectivity index (χ3n) is 5.83. The molecule has 0 aliphatic heterocycles. The molecule has 0 saturated carbocycles. The van der Waals surface area contributed by atoms with Crippen LogP contribution in [0.1, 0.15) is 24.0 Å². The van der Waals surface area contributed by atoms with Crippen LogP contribution in [0.4, 0.5) is 4.79 Å². The van der Waals surface area contributed by atoms with Crippen molar-refractivity contribution in [3.8, 4) is 34.5 Å². The summed E-state index contributed by atoms with van der Waals surface area (Å²) in [6.07, 6.45) is 4.21. The maximum absolute atomic E-state index is 12.5. The number of aromatic nitrogens is 4. The maximum atomic E-state index is 12.5. The van der Waals surface area contributed by atoms with Gasteiger partial charge in [0.2, 0.25) is 0 Å². The highest BCUT2D eigenvalue weighted by Crippen LogP contribution is 2.19. The molecule has 1 N–H and O–H groups in total. The second-order valence-electron chi connectivity index (χ2n) is 9.17. The Labute approximate surface area is 226 Å². The number of benzene rings is 2. The van der Waals surface area contributed by atoms with E-state index in [0.29, 0.717) is 23.6 Å². The highest BCUT2D eigenvalue weighted by atomic mass is 16.6. The lowest BCUT2D eigenvalue weighted by molar-refractivity contribution is 0.200. The molecular formula is C29H29N7O3. The van der Waals surface area contributed by atoms with Gasteiger partial charge in [0.15, 0.2) is 11.6 Å². The number of carbonyl (C=O) groups is 1. The van der Waals surface area contributed by atoms with Gasteiger partial charge < -0.3 is 15.0 Å². The first-order chi connectivity index (χ1) is 18.9. The van der Waals surface area contributed by atoms with Crippen molar-refractivity contribution in [3.63, 3.8) is 0 Å². The molecule has 0 unspecified atom stereocenters. The van der Waals surface area contributed by atoms with E-state index in [0.717, 1.165) is 36.1 Å². The lowest BCUT2D eigenvalue weighted by atomic mass is 10.1. The Morgan fingerprint density at radius 1 is 1.03 bits per heavy atom. The van der Waals surface area contributed by atoms with E-state index in [2.05, 4.69) is 31.4 Å². The summed E-state index contributed by atoms with van der Waals surface area (Å²) < 4.78 is 6.65. The van der Waals surface area contributed by atoms with Gasteiger partial charge in [-0.25, -0.2) is 19.4 Å². The maximum Gasteiger partial charge on any atom is 0.412 e. The van der Waals surface area contributed by atoms with Gasteiger partial charge in [-0.3, -0.25) is 4.79 Å². The normalized spacial score (nSPS) is 10.7. The molecule has 0 spiro atoms. The number of unbranched alkanes of at least 4 members (excludes halogenated alkanes) is 1. The largest absolute Gasteiger partial charge is 0.412 e. The Bertz CT molecular complexity index is 1510. The summed E-state index contributed by atoms with van der Waals surface area (Å²) >= 11 is 0. The molecule has 2 heterocycles. The highest BCUT2D eigenvalue weighted by Gasteiger charge is 2.09. The van der Waals surface area contributed by atoms with Crippen LogP contribution in [-0.2, 0) is 6.54 Å². The third-order valence-corrected chi connectivity index (χ3v) is 5.83. The van der Waals surface area contributed by atoms with Crippen molar-refractivity contribution < 1.29 is 9.53 Å². The molecule has 10 nitrogen and oxygen atoms in total. The highest BCUT2D eigenvalue weighted by molar-refractivity contribution is 5.70. The number of carbonyl (C=O) groups excluding carboxylic acids is 1. The molecule has 10 heteroatoms. The van der Waals surface area contributed by atoms with Crippen molar-refractivity contribution in [2.75, 3.05) is 27.2 Å². The Hall–Kier alpha value is -4.88. The fourth-order valence-corrected chi connectivity index (χ4v) is 3.82. The van der Waals surface area contributed by atoms with E-state index in [-0.39, 0.29) is 17.9 Å². The number of nitrogens with zero attached hydrogens (tertiary/aromatic N) is 6. The molecule has 0 aliphatic rings. The van der Waals surface area contributed by atoms with Gasteiger partial charge in [0.25, 0.3) is 5.56 Å². The van der Waals surface area contributed by atoms with E-state index in [1.54, 1.807) is 30.3 Å². The average Bonchev–Trinajstić information content (AvgIpc) is 2.94. The van der Waals surface area contributed by atoms with Crippen LogP contribution in [0.5, 0.6) is 5.75 Å². The molecule has 198 valence electrons.